The van der Waals surface area contributed by atoms with Gasteiger partial charge in [-0.25, -0.2) is 9.97 Å². The molecule has 25 heavy (non-hydrogen) atoms. The summed E-state index contributed by atoms with van der Waals surface area (Å²) in [6.45, 7) is 0.656. The lowest BCUT2D eigenvalue weighted by molar-refractivity contribution is -0.141. The van der Waals surface area contributed by atoms with Crippen molar-refractivity contribution in [1.29, 1.82) is 0 Å². The fourth-order valence-electron chi connectivity index (χ4n) is 2.27. The Morgan fingerprint density at radius 1 is 1.04 bits per heavy atom. The van der Waals surface area contributed by atoms with Crippen LogP contribution in [0.25, 0.3) is 11.5 Å². The molecule has 0 radical (unpaired) electrons. The zero-order chi connectivity index (χ0) is 17.9. The van der Waals surface area contributed by atoms with Gasteiger partial charge in [0, 0.05) is 13.1 Å². The highest BCUT2D eigenvalue weighted by atomic mass is 19.4. The molecule has 0 unspecified atom stereocenters. The topological polar surface area (TPSA) is 77.0 Å². The summed E-state index contributed by atoms with van der Waals surface area (Å²) in [5.41, 5.74) is 6.41. The molecule has 3 rings (SSSR count). The molecule has 1 aromatic carbocycles. The van der Waals surface area contributed by atoms with Gasteiger partial charge in [-0.15, -0.1) is 0 Å². The monoisotopic (exact) mass is 348 g/mol. The number of anilines is 1. The molecular weight excluding hydrogens is 333 g/mol. The lowest BCUT2D eigenvalue weighted by Crippen LogP contribution is -2.12. The van der Waals surface area contributed by atoms with Gasteiger partial charge in [0.15, 0.2) is 11.5 Å². The third-order valence-electron chi connectivity index (χ3n) is 3.47. The number of furan rings is 1. The van der Waals surface area contributed by atoms with Gasteiger partial charge in [0.25, 0.3) is 0 Å². The highest BCUT2D eigenvalue weighted by molar-refractivity contribution is 5.54. The molecule has 0 aliphatic rings. The molecular formula is C17H15F3N4O. The van der Waals surface area contributed by atoms with E-state index in [1.807, 2.05) is 24.3 Å². The van der Waals surface area contributed by atoms with Crippen molar-refractivity contribution >= 4 is 5.95 Å². The van der Waals surface area contributed by atoms with Gasteiger partial charge in [0.05, 0.1) is 6.26 Å². The van der Waals surface area contributed by atoms with Crippen LogP contribution in [0, 0.1) is 0 Å². The van der Waals surface area contributed by atoms with Gasteiger partial charge < -0.3 is 15.5 Å². The van der Waals surface area contributed by atoms with E-state index in [4.69, 9.17) is 10.2 Å². The number of nitrogens with two attached hydrogens (primary N) is 1. The van der Waals surface area contributed by atoms with E-state index < -0.39 is 11.9 Å². The summed E-state index contributed by atoms with van der Waals surface area (Å²) in [5, 5.41) is 2.82. The number of aromatic nitrogens is 2. The highest BCUT2D eigenvalue weighted by Crippen LogP contribution is 2.31. The van der Waals surface area contributed by atoms with Crippen LogP contribution in [0.4, 0.5) is 19.1 Å². The molecule has 0 spiro atoms. The number of benzene rings is 1. The number of nitrogens with zero attached hydrogens (tertiary/aromatic N) is 2. The summed E-state index contributed by atoms with van der Waals surface area (Å²) in [6, 6.07) is 11.4. The summed E-state index contributed by atoms with van der Waals surface area (Å²) in [7, 11) is 0. The van der Waals surface area contributed by atoms with Gasteiger partial charge in [-0.1, -0.05) is 24.3 Å². The molecule has 3 N–H and O–H groups in total. The number of alkyl halides is 3. The van der Waals surface area contributed by atoms with Crippen LogP contribution in [-0.4, -0.2) is 9.97 Å². The normalized spacial score (nSPS) is 11.5. The molecule has 2 aromatic heterocycles. The maximum atomic E-state index is 13.1. The number of rotatable bonds is 5. The molecule has 0 bridgehead atoms. The SMILES string of the molecule is NCc1cccc(CNc2nc(-c3ccco3)cc(C(F)(F)F)n2)c1. The zero-order valence-electron chi connectivity index (χ0n) is 13.0. The van der Waals surface area contributed by atoms with Crippen LogP contribution in [0.1, 0.15) is 16.8 Å². The molecule has 5 nitrogen and oxygen atoms in total. The van der Waals surface area contributed by atoms with Crippen LogP contribution in [-0.2, 0) is 19.3 Å². The summed E-state index contributed by atoms with van der Waals surface area (Å²) in [4.78, 5) is 7.66. The Kier molecular flexibility index (Phi) is 4.71. The molecule has 8 heteroatoms. The Morgan fingerprint density at radius 2 is 1.84 bits per heavy atom. The first-order valence-electron chi connectivity index (χ1n) is 7.47. The van der Waals surface area contributed by atoms with Crippen molar-refractivity contribution in [1.82, 2.24) is 9.97 Å². The third-order valence-corrected chi connectivity index (χ3v) is 3.47. The van der Waals surface area contributed by atoms with Crippen molar-refractivity contribution in [3.8, 4) is 11.5 Å². The van der Waals surface area contributed by atoms with Crippen LogP contribution in [0.3, 0.4) is 0 Å². The highest BCUT2D eigenvalue weighted by Gasteiger charge is 2.34. The van der Waals surface area contributed by atoms with Crippen molar-refractivity contribution in [2.45, 2.75) is 19.3 Å². The molecule has 130 valence electrons. The van der Waals surface area contributed by atoms with E-state index in [-0.39, 0.29) is 23.9 Å². The van der Waals surface area contributed by atoms with Crippen molar-refractivity contribution in [2.75, 3.05) is 5.32 Å². The molecule has 0 aliphatic heterocycles. The average molecular weight is 348 g/mol. The molecule has 0 atom stereocenters. The zero-order valence-corrected chi connectivity index (χ0v) is 13.0. The van der Waals surface area contributed by atoms with Crippen molar-refractivity contribution < 1.29 is 17.6 Å². The van der Waals surface area contributed by atoms with Crippen LogP contribution >= 0.6 is 0 Å². The Morgan fingerprint density at radius 3 is 2.52 bits per heavy atom. The van der Waals surface area contributed by atoms with Gasteiger partial charge in [-0.2, -0.15) is 13.2 Å². The van der Waals surface area contributed by atoms with Crippen LogP contribution in [0.5, 0.6) is 0 Å². The first-order chi connectivity index (χ1) is 12.0. The first-order valence-corrected chi connectivity index (χ1v) is 7.47. The van der Waals surface area contributed by atoms with E-state index in [0.717, 1.165) is 17.2 Å². The van der Waals surface area contributed by atoms with Crippen LogP contribution in [0.15, 0.2) is 53.1 Å². The molecule has 0 saturated carbocycles. The third kappa shape index (κ3) is 4.16. The number of hydrogen-bond acceptors (Lipinski definition) is 5. The lowest BCUT2D eigenvalue weighted by Gasteiger charge is -2.11. The summed E-state index contributed by atoms with van der Waals surface area (Å²) < 4.78 is 44.4. The maximum absolute atomic E-state index is 13.1. The Labute approximate surface area is 141 Å². The molecule has 3 aromatic rings. The van der Waals surface area contributed by atoms with Crippen LogP contribution < -0.4 is 11.1 Å². The molecule has 0 amide bonds. The smallest absolute Gasteiger partial charge is 0.433 e. The standard InChI is InChI=1S/C17H15F3N4O/c18-17(19,20)15-8-13(14-5-2-6-25-14)23-16(24-15)22-10-12-4-1-3-11(7-12)9-21/h1-8H,9-10,21H2,(H,22,23,24). The minimum Gasteiger partial charge on any atom is -0.463 e. The first kappa shape index (κ1) is 17.0. The second kappa shape index (κ2) is 6.94. The predicted octanol–water partition coefficient (Wildman–Crippen LogP) is 3.83. The second-order valence-electron chi connectivity index (χ2n) is 5.31. The Balaban J connectivity index is 1.88. The second-order valence-corrected chi connectivity index (χ2v) is 5.31. The van der Waals surface area contributed by atoms with E-state index in [1.165, 1.54) is 12.3 Å². The fraction of sp³-hybridized carbons (Fsp3) is 0.176. The summed E-state index contributed by atoms with van der Waals surface area (Å²) >= 11 is 0. The Bertz CT molecular complexity index is 847. The molecule has 0 aliphatic carbocycles. The van der Waals surface area contributed by atoms with E-state index >= 15 is 0 Å². The maximum Gasteiger partial charge on any atom is 0.433 e. The fourth-order valence-corrected chi connectivity index (χ4v) is 2.27. The van der Waals surface area contributed by atoms with Gasteiger partial charge in [-0.3, -0.25) is 0 Å². The number of halogens is 3. The largest absolute Gasteiger partial charge is 0.463 e. The average Bonchev–Trinajstić information content (AvgIpc) is 3.14. The van der Waals surface area contributed by atoms with Crippen molar-refractivity contribution in [3.05, 3.63) is 65.5 Å². The van der Waals surface area contributed by atoms with Gasteiger partial charge in [0.2, 0.25) is 5.95 Å². The van der Waals surface area contributed by atoms with Crippen molar-refractivity contribution in [2.24, 2.45) is 5.73 Å². The van der Waals surface area contributed by atoms with Crippen LogP contribution in [0.2, 0.25) is 0 Å². The summed E-state index contributed by atoms with van der Waals surface area (Å²) in [6.07, 6.45) is -3.21. The molecule has 0 saturated heterocycles. The number of hydrogen-bond donors (Lipinski definition) is 2. The quantitative estimate of drug-likeness (QED) is 0.733. The predicted molar refractivity (Wildman–Crippen MR) is 86.4 cm³/mol. The van der Waals surface area contributed by atoms with Crippen molar-refractivity contribution in [3.63, 3.8) is 0 Å². The van der Waals surface area contributed by atoms with Gasteiger partial charge in [0.1, 0.15) is 5.69 Å². The summed E-state index contributed by atoms with van der Waals surface area (Å²) in [5.74, 6) is 0.112. The minimum atomic E-state index is -4.58. The molecule has 0 fully saturated rings. The van der Waals surface area contributed by atoms with E-state index in [2.05, 4.69) is 15.3 Å². The van der Waals surface area contributed by atoms with Gasteiger partial charge >= 0.3 is 6.18 Å². The molecule has 2 heterocycles. The minimum absolute atomic E-state index is 0.0607. The number of nitrogens with one attached hydrogen (secondary N) is 1. The van der Waals surface area contributed by atoms with Gasteiger partial charge in [-0.05, 0) is 29.3 Å². The van der Waals surface area contributed by atoms with E-state index in [1.54, 1.807) is 6.07 Å². The Hall–Kier alpha value is -2.87. The van der Waals surface area contributed by atoms with E-state index in [9.17, 15) is 13.2 Å². The van der Waals surface area contributed by atoms with E-state index in [0.29, 0.717) is 6.54 Å². The lowest BCUT2D eigenvalue weighted by atomic mass is 10.1.